The molecule has 0 saturated heterocycles. The third-order valence-electron chi connectivity index (χ3n) is 3.25. The lowest BCUT2D eigenvalue weighted by Gasteiger charge is -2.07. The summed E-state index contributed by atoms with van der Waals surface area (Å²) in [6.45, 7) is -0.536. The van der Waals surface area contributed by atoms with E-state index in [4.69, 9.17) is 26.3 Å². The summed E-state index contributed by atoms with van der Waals surface area (Å²) in [5.41, 5.74) is 0.810. The zero-order valence-corrected chi connectivity index (χ0v) is 14.6. The van der Waals surface area contributed by atoms with Gasteiger partial charge in [0.15, 0.2) is 6.61 Å². The van der Waals surface area contributed by atoms with Crippen LogP contribution in [0, 0.1) is 11.3 Å². The van der Waals surface area contributed by atoms with Gasteiger partial charge in [-0.1, -0.05) is 35.9 Å². The van der Waals surface area contributed by atoms with Gasteiger partial charge in [0.2, 0.25) is 0 Å². The monoisotopic (exact) mass is 370 g/mol. The van der Waals surface area contributed by atoms with Crippen molar-refractivity contribution in [2.75, 3.05) is 19.0 Å². The average molecular weight is 371 g/mol. The highest BCUT2D eigenvalue weighted by atomic mass is 35.5. The van der Waals surface area contributed by atoms with Crippen LogP contribution in [0.2, 0.25) is 5.02 Å². The number of anilines is 1. The minimum Gasteiger partial charge on any atom is -0.497 e. The summed E-state index contributed by atoms with van der Waals surface area (Å²) in [7, 11) is 1.54. The predicted octanol–water partition coefficient (Wildman–Crippen LogP) is 3.44. The maximum atomic E-state index is 12.0. The molecule has 0 atom stereocenters. The number of esters is 1. The van der Waals surface area contributed by atoms with Crippen molar-refractivity contribution >= 4 is 35.2 Å². The van der Waals surface area contributed by atoms with Crippen LogP contribution in [0.5, 0.6) is 5.75 Å². The van der Waals surface area contributed by atoms with Crippen LogP contribution in [0.1, 0.15) is 5.56 Å². The largest absolute Gasteiger partial charge is 0.497 e. The number of halogens is 1. The van der Waals surface area contributed by atoms with E-state index in [1.807, 2.05) is 0 Å². The lowest BCUT2D eigenvalue weighted by molar-refractivity contribution is -0.142. The van der Waals surface area contributed by atoms with Crippen LogP contribution in [-0.2, 0) is 14.3 Å². The van der Waals surface area contributed by atoms with E-state index < -0.39 is 18.5 Å². The number of ether oxygens (including phenoxy) is 2. The van der Waals surface area contributed by atoms with Crippen molar-refractivity contribution in [1.29, 1.82) is 5.26 Å². The summed E-state index contributed by atoms with van der Waals surface area (Å²) >= 11 is 5.93. The third-order valence-corrected chi connectivity index (χ3v) is 3.58. The molecule has 0 aromatic heterocycles. The number of amides is 1. The van der Waals surface area contributed by atoms with E-state index in [2.05, 4.69) is 5.32 Å². The van der Waals surface area contributed by atoms with Gasteiger partial charge in [0.1, 0.15) is 17.4 Å². The maximum absolute atomic E-state index is 12.0. The maximum Gasteiger partial charge on any atom is 0.349 e. The van der Waals surface area contributed by atoms with Crippen LogP contribution in [0.25, 0.3) is 6.08 Å². The molecule has 7 heteroatoms. The lowest BCUT2D eigenvalue weighted by atomic mass is 10.1. The molecule has 2 aromatic carbocycles. The molecule has 0 fully saturated rings. The molecule has 0 heterocycles. The summed E-state index contributed by atoms with van der Waals surface area (Å²) in [5, 5.41) is 12.0. The fourth-order valence-corrected chi connectivity index (χ4v) is 2.14. The topological polar surface area (TPSA) is 88.4 Å². The van der Waals surface area contributed by atoms with Gasteiger partial charge in [0.25, 0.3) is 5.91 Å². The minimum atomic E-state index is -0.891. The van der Waals surface area contributed by atoms with E-state index in [9.17, 15) is 9.59 Å². The molecule has 0 saturated carbocycles. The van der Waals surface area contributed by atoms with Crippen LogP contribution < -0.4 is 10.1 Å². The van der Waals surface area contributed by atoms with Gasteiger partial charge < -0.3 is 14.8 Å². The second-order valence-electron chi connectivity index (χ2n) is 5.05. The Labute approximate surface area is 155 Å². The molecule has 0 unspecified atom stereocenters. The Balaban J connectivity index is 1.96. The van der Waals surface area contributed by atoms with E-state index in [1.165, 1.54) is 13.2 Å². The van der Waals surface area contributed by atoms with E-state index in [0.717, 1.165) is 0 Å². The molecule has 0 aliphatic carbocycles. The minimum absolute atomic E-state index is 0.222. The highest BCUT2D eigenvalue weighted by Gasteiger charge is 2.14. The molecular weight excluding hydrogens is 356 g/mol. The van der Waals surface area contributed by atoms with Gasteiger partial charge in [0, 0.05) is 0 Å². The smallest absolute Gasteiger partial charge is 0.349 e. The molecule has 132 valence electrons. The molecule has 0 aliphatic rings. The van der Waals surface area contributed by atoms with Crippen LogP contribution in [0.3, 0.4) is 0 Å². The molecule has 1 amide bonds. The number of rotatable bonds is 6. The highest BCUT2D eigenvalue weighted by Crippen LogP contribution is 2.20. The molecule has 0 radical (unpaired) electrons. The number of hydrogen-bond acceptors (Lipinski definition) is 5. The van der Waals surface area contributed by atoms with Gasteiger partial charge in [-0.3, -0.25) is 4.79 Å². The number of para-hydroxylation sites is 1. The Bertz CT molecular complexity index is 870. The van der Waals surface area contributed by atoms with Gasteiger partial charge >= 0.3 is 5.97 Å². The molecule has 2 aromatic rings. The molecule has 0 bridgehead atoms. The van der Waals surface area contributed by atoms with Crippen molar-refractivity contribution in [1.82, 2.24) is 0 Å². The molecule has 26 heavy (non-hydrogen) atoms. The van der Waals surface area contributed by atoms with E-state index in [0.29, 0.717) is 22.0 Å². The van der Waals surface area contributed by atoms with Gasteiger partial charge in [-0.25, -0.2) is 4.79 Å². The Morgan fingerprint density at radius 1 is 1.19 bits per heavy atom. The van der Waals surface area contributed by atoms with Gasteiger partial charge in [-0.15, -0.1) is 0 Å². The molecule has 0 spiro atoms. The molecule has 1 N–H and O–H groups in total. The molecule has 6 nitrogen and oxygen atoms in total. The van der Waals surface area contributed by atoms with Gasteiger partial charge in [-0.05, 0) is 35.9 Å². The summed E-state index contributed by atoms with van der Waals surface area (Å²) < 4.78 is 9.92. The Kier molecular flexibility index (Phi) is 6.77. The van der Waals surface area contributed by atoms with Crippen LogP contribution in [0.15, 0.2) is 54.1 Å². The number of nitrogens with one attached hydrogen (secondary N) is 1. The first kappa shape index (κ1) is 19.0. The van der Waals surface area contributed by atoms with Crippen molar-refractivity contribution < 1.29 is 19.1 Å². The normalized spacial score (nSPS) is 10.6. The second kappa shape index (κ2) is 9.25. The predicted molar refractivity (Wildman–Crippen MR) is 97.6 cm³/mol. The Morgan fingerprint density at radius 3 is 2.50 bits per heavy atom. The van der Waals surface area contributed by atoms with Gasteiger partial charge in [-0.2, -0.15) is 5.26 Å². The molecule has 2 rings (SSSR count). The van der Waals surface area contributed by atoms with Crippen molar-refractivity contribution in [3.05, 3.63) is 64.7 Å². The lowest BCUT2D eigenvalue weighted by Crippen LogP contribution is -2.21. The zero-order valence-electron chi connectivity index (χ0n) is 13.9. The van der Waals surface area contributed by atoms with Crippen molar-refractivity contribution in [2.45, 2.75) is 0 Å². The number of benzene rings is 2. The van der Waals surface area contributed by atoms with Crippen molar-refractivity contribution in [3.8, 4) is 11.8 Å². The van der Waals surface area contributed by atoms with E-state index >= 15 is 0 Å². The number of nitrogens with zero attached hydrogens (tertiary/aromatic N) is 1. The Morgan fingerprint density at radius 2 is 1.88 bits per heavy atom. The fraction of sp³-hybridized carbons (Fsp3) is 0.105. The SMILES string of the molecule is COc1ccc(/C=C(\C#N)C(=O)OCC(=O)Nc2ccccc2Cl)cc1. The second-order valence-corrected chi connectivity index (χ2v) is 5.45. The van der Waals surface area contributed by atoms with E-state index in [1.54, 1.807) is 54.6 Å². The van der Waals surface area contributed by atoms with Crippen molar-refractivity contribution in [3.63, 3.8) is 0 Å². The quantitative estimate of drug-likeness (QED) is 0.478. The summed E-state index contributed by atoms with van der Waals surface area (Å²) in [5.74, 6) is -0.801. The third kappa shape index (κ3) is 5.36. The molecular formula is C19H15ClN2O4. The zero-order chi connectivity index (χ0) is 18.9. The average Bonchev–Trinajstić information content (AvgIpc) is 2.66. The molecule has 0 aliphatic heterocycles. The summed E-state index contributed by atoms with van der Waals surface area (Å²) in [4.78, 5) is 23.8. The summed E-state index contributed by atoms with van der Waals surface area (Å²) in [6, 6.07) is 15.2. The van der Waals surface area contributed by atoms with Crippen LogP contribution >= 0.6 is 11.6 Å². The number of hydrogen-bond donors (Lipinski definition) is 1. The number of nitriles is 1. The Hall–Kier alpha value is -3.30. The van der Waals surface area contributed by atoms with Crippen LogP contribution in [0.4, 0.5) is 5.69 Å². The first-order chi connectivity index (χ1) is 12.5. The standard InChI is InChI=1S/C19H15ClN2O4/c1-25-15-8-6-13(7-9-15)10-14(11-21)19(24)26-12-18(23)22-17-5-3-2-4-16(17)20/h2-10H,12H2,1H3,(H,22,23)/b14-10+. The highest BCUT2D eigenvalue weighted by molar-refractivity contribution is 6.33. The van der Waals surface area contributed by atoms with E-state index in [-0.39, 0.29) is 5.57 Å². The first-order valence-corrected chi connectivity index (χ1v) is 7.88. The number of carbonyl (C=O) groups is 2. The van der Waals surface area contributed by atoms with Crippen LogP contribution in [-0.4, -0.2) is 25.6 Å². The number of carbonyl (C=O) groups excluding carboxylic acids is 2. The van der Waals surface area contributed by atoms with Gasteiger partial charge in [0.05, 0.1) is 17.8 Å². The first-order valence-electron chi connectivity index (χ1n) is 7.51. The summed E-state index contributed by atoms with van der Waals surface area (Å²) in [6.07, 6.45) is 1.37. The fourth-order valence-electron chi connectivity index (χ4n) is 1.96. The number of methoxy groups -OCH3 is 1. The van der Waals surface area contributed by atoms with Crippen molar-refractivity contribution in [2.24, 2.45) is 0 Å².